The number of anilines is 1. The van der Waals surface area contributed by atoms with Crippen molar-refractivity contribution in [3.05, 3.63) is 41.7 Å². The molecule has 2 heterocycles. The second kappa shape index (κ2) is 5.45. The molecule has 0 fully saturated rings. The van der Waals surface area contributed by atoms with Gasteiger partial charge < -0.3 is 9.73 Å². The van der Waals surface area contributed by atoms with Crippen LogP contribution in [0.3, 0.4) is 0 Å². The van der Waals surface area contributed by atoms with E-state index in [-0.39, 0.29) is 17.7 Å². The molecule has 0 aliphatic heterocycles. The molecule has 0 radical (unpaired) electrons. The molecule has 0 saturated heterocycles. The molecule has 0 saturated carbocycles. The minimum Gasteiger partial charge on any atom is -0.444 e. The van der Waals surface area contributed by atoms with Crippen molar-refractivity contribution in [1.82, 2.24) is 9.97 Å². The predicted molar refractivity (Wildman–Crippen MR) is 76.5 cm³/mol. The quantitative estimate of drug-likeness (QED) is 0.933. The molecule has 0 spiro atoms. The summed E-state index contributed by atoms with van der Waals surface area (Å²) in [4.78, 5) is 20.4. The van der Waals surface area contributed by atoms with E-state index < -0.39 is 0 Å². The largest absolute Gasteiger partial charge is 0.444 e. The van der Waals surface area contributed by atoms with Crippen molar-refractivity contribution in [2.45, 2.75) is 39.5 Å². The van der Waals surface area contributed by atoms with Gasteiger partial charge >= 0.3 is 0 Å². The molecule has 0 unspecified atom stereocenters. The summed E-state index contributed by atoms with van der Waals surface area (Å²) in [7, 11) is 0. The van der Waals surface area contributed by atoms with Crippen molar-refractivity contribution in [3.63, 3.8) is 0 Å². The Bertz CT molecular complexity index is 597. The average Bonchev–Trinajstić information content (AvgIpc) is 2.72. The van der Waals surface area contributed by atoms with Crippen LogP contribution in [0.15, 0.2) is 28.8 Å². The van der Waals surface area contributed by atoms with E-state index in [0.29, 0.717) is 17.5 Å². The summed E-state index contributed by atoms with van der Waals surface area (Å²) >= 11 is 0. The zero-order chi connectivity index (χ0) is 14.8. The Hall–Kier alpha value is -2.17. The number of pyridine rings is 1. The summed E-state index contributed by atoms with van der Waals surface area (Å²) in [6.45, 7) is 7.92. The van der Waals surface area contributed by atoms with Crippen LogP contribution < -0.4 is 5.32 Å². The maximum Gasteiger partial charge on any atom is 0.233 e. The number of rotatable bonds is 3. The van der Waals surface area contributed by atoms with E-state index in [1.54, 1.807) is 18.3 Å². The molecular formula is C15H19N3O2. The van der Waals surface area contributed by atoms with Gasteiger partial charge in [0.15, 0.2) is 5.89 Å². The number of amides is 1. The third-order valence-electron chi connectivity index (χ3n) is 2.79. The number of aryl methyl sites for hydroxylation is 1. The summed E-state index contributed by atoms with van der Waals surface area (Å²) in [5.41, 5.74) is 0.589. The Morgan fingerprint density at radius 3 is 2.65 bits per heavy atom. The van der Waals surface area contributed by atoms with Crippen molar-refractivity contribution in [3.8, 4) is 0 Å². The van der Waals surface area contributed by atoms with E-state index in [2.05, 4.69) is 15.3 Å². The van der Waals surface area contributed by atoms with Crippen LogP contribution >= 0.6 is 0 Å². The predicted octanol–water partition coefficient (Wildman–Crippen LogP) is 2.86. The number of nitrogens with zero attached hydrogens (tertiary/aromatic N) is 2. The topological polar surface area (TPSA) is 68.0 Å². The third-order valence-corrected chi connectivity index (χ3v) is 2.79. The molecule has 0 aliphatic carbocycles. The fourth-order valence-corrected chi connectivity index (χ4v) is 1.68. The summed E-state index contributed by atoms with van der Waals surface area (Å²) in [5, 5.41) is 2.73. The molecule has 5 heteroatoms. The molecule has 5 nitrogen and oxygen atoms in total. The van der Waals surface area contributed by atoms with E-state index in [4.69, 9.17) is 4.42 Å². The Morgan fingerprint density at radius 2 is 2.10 bits per heavy atom. The van der Waals surface area contributed by atoms with Gasteiger partial charge in [0.1, 0.15) is 11.6 Å². The number of hydrogen-bond acceptors (Lipinski definition) is 4. The molecule has 1 N–H and O–H groups in total. The maximum atomic E-state index is 12.0. The Balaban J connectivity index is 2.07. The SMILES string of the molecule is Cc1nc(C(C)(C)C)oc1CC(=O)Nc1ccccn1. The van der Waals surface area contributed by atoms with Crippen molar-refractivity contribution in [2.24, 2.45) is 0 Å². The number of carbonyl (C=O) groups is 1. The van der Waals surface area contributed by atoms with Crippen LogP contribution in [0.4, 0.5) is 5.82 Å². The second-order valence-corrected chi connectivity index (χ2v) is 5.72. The van der Waals surface area contributed by atoms with Gasteiger partial charge in [0.25, 0.3) is 0 Å². The molecule has 0 aliphatic rings. The van der Waals surface area contributed by atoms with Gasteiger partial charge in [-0.3, -0.25) is 4.79 Å². The number of nitrogens with one attached hydrogen (secondary N) is 1. The van der Waals surface area contributed by atoms with Gasteiger partial charge in [-0.2, -0.15) is 0 Å². The highest BCUT2D eigenvalue weighted by Gasteiger charge is 2.23. The highest BCUT2D eigenvalue weighted by Crippen LogP contribution is 2.24. The first-order valence-electron chi connectivity index (χ1n) is 6.54. The van der Waals surface area contributed by atoms with Gasteiger partial charge in [-0.25, -0.2) is 9.97 Å². The van der Waals surface area contributed by atoms with Gasteiger partial charge in [0.2, 0.25) is 5.91 Å². The third kappa shape index (κ3) is 3.44. The smallest absolute Gasteiger partial charge is 0.233 e. The van der Waals surface area contributed by atoms with Crippen LogP contribution in [0.1, 0.15) is 38.1 Å². The van der Waals surface area contributed by atoms with Crippen LogP contribution in [0.5, 0.6) is 0 Å². The Kier molecular flexibility index (Phi) is 3.88. The van der Waals surface area contributed by atoms with Gasteiger partial charge in [-0.05, 0) is 19.1 Å². The lowest BCUT2D eigenvalue weighted by Crippen LogP contribution is -2.15. The number of aromatic nitrogens is 2. The molecule has 106 valence electrons. The normalized spacial score (nSPS) is 11.4. The molecule has 1 amide bonds. The van der Waals surface area contributed by atoms with Gasteiger partial charge in [-0.1, -0.05) is 26.8 Å². The summed E-state index contributed by atoms with van der Waals surface area (Å²) in [6, 6.07) is 5.36. The van der Waals surface area contributed by atoms with Crippen molar-refractivity contribution >= 4 is 11.7 Å². The highest BCUT2D eigenvalue weighted by molar-refractivity contribution is 5.91. The summed E-state index contributed by atoms with van der Waals surface area (Å²) < 4.78 is 5.69. The first kappa shape index (κ1) is 14.2. The number of oxazole rings is 1. The van der Waals surface area contributed by atoms with E-state index in [0.717, 1.165) is 5.69 Å². The fourth-order valence-electron chi connectivity index (χ4n) is 1.68. The van der Waals surface area contributed by atoms with Crippen LogP contribution in [0.2, 0.25) is 0 Å². The lowest BCUT2D eigenvalue weighted by Gasteiger charge is -2.12. The second-order valence-electron chi connectivity index (χ2n) is 5.72. The fraction of sp³-hybridized carbons (Fsp3) is 0.400. The van der Waals surface area contributed by atoms with E-state index in [1.165, 1.54) is 0 Å². The van der Waals surface area contributed by atoms with E-state index in [9.17, 15) is 4.79 Å². The van der Waals surface area contributed by atoms with Crippen LogP contribution in [0, 0.1) is 6.92 Å². The first-order chi connectivity index (χ1) is 9.36. The lowest BCUT2D eigenvalue weighted by atomic mass is 9.97. The summed E-state index contributed by atoms with van der Waals surface area (Å²) in [5.74, 6) is 1.62. The van der Waals surface area contributed by atoms with Crippen LogP contribution in [0.25, 0.3) is 0 Å². The molecule has 2 aromatic heterocycles. The molecule has 2 aromatic rings. The van der Waals surface area contributed by atoms with Gasteiger partial charge in [0, 0.05) is 11.6 Å². The zero-order valence-corrected chi connectivity index (χ0v) is 12.2. The maximum absolute atomic E-state index is 12.0. The van der Waals surface area contributed by atoms with E-state index in [1.807, 2.05) is 33.8 Å². The monoisotopic (exact) mass is 273 g/mol. The Morgan fingerprint density at radius 1 is 1.35 bits per heavy atom. The van der Waals surface area contributed by atoms with E-state index >= 15 is 0 Å². The molecule has 2 rings (SSSR count). The van der Waals surface area contributed by atoms with Gasteiger partial charge in [-0.15, -0.1) is 0 Å². The standard InChI is InChI=1S/C15H19N3O2/c1-10-11(20-14(17-10)15(2,3)4)9-13(19)18-12-7-5-6-8-16-12/h5-8H,9H2,1-4H3,(H,16,18,19). The molecule has 0 atom stereocenters. The van der Waals surface area contributed by atoms with Crippen molar-refractivity contribution in [1.29, 1.82) is 0 Å². The average molecular weight is 273 g/mol. The molecule has 20 heavy (non-hydrogen) atoms. The molecule has 0 bridgehead atoms. The summed E-state index contributed by atoms with van der Waals surface area (Å²) in [6.07, 6.45) is 1.79. The van der Waals surface area contributed by atoms with Gasteiger partial charge in [0.05, 0.1) is 12.1 Å². The molecular weight excluding hydrogens is 254 g/mol. The van der Waals surface area contributed by atoms with Crippen molar-refractivity contribution < 1.29 is 9.21 Å². The first-order valence-corrected chi connectivity index (χ1v) is 6.54. The minimum atomic E-state index is -0.166. The lowest BCUT2D eigenvalue weighted by molar-refractivity contribution is -0.115. The molecule has 0 aromatic carbocycles. The van der Waals surface area contributed by atoms with Crippen molar-refractivity contribution in [2.75, 3.05) is 5.32 Å². The highest BCUT2D eigenvalue weighted by atomic mass is 16.4. The zero-order valence-electron chi connectivity index (χ0n) is 12.2. The van der Waals surface area contributed by atoms with Crippen LogP contribution in [-0.4, -0.2) is 15.9 Å². The Labute approximate surface area is 118 Å². The number of hydrogen-bond donors (Lipinski definition) is 1. The van der Waals surface area contributed by atoms with Crippen LogP contribution in [-0.2, 0) is 16.6 Å². The minimum absolute atomic E-state index is 0.158. The number of carbonyl (C=O) groups excluding carboxylic acids is 1.